The number of para-hydroxylation sites is 1. The van der Waals surface area contributed by atoms with Crippen LogP contribution in [0.5, 0.6) is 0 Å². The van der Waals surface area contributed by atoms with Gasteiger partial charge in [0.1, 0.15) is 5.60 Å². The van der Waals surface area contributed by atoms with Gasteiger partial charge in [-0.05, 0) is 51.7 Å². The topological polar surface area (TPSA) is 41.6 Å². The molecule has 1 aromatic rings. The first kappa shape index (κ1) is 15.7. The highest BCUT2D eigenvalue weighted by molar-refractivity contribution is 5.67. The third kappa shape index (κ3) is 5.29. The van der Waals surface area contributed by atoms with Crippen molar-refractivity contribution >= 4 is 11.8 Å². The molecule has 0 spiro atoms. The van der Waals surface area contributed by atoms with Crippen LogP contribution in [0, 0.1) is 5.92 Å². The van der Waals surface area contributed by atoms with Crippen LogP contribution in [-0.2, 0) is 4.74 Å². The van der Waals surface area contributed by atoms with Crippen LogP contribution in [0.25, 0.3) is 0 Å². The summed E-state index contributed by atoms with van der Waals surface area (Å²) < 4.78 is 5.26. The summed E-state index contributed by atoms with van der Waals surface area (Å²) in [5.74, 6) is 0.539. The number of nitrogens with one attached hydrogen (secondary N) is 1. The number of hydrogen-bond acceptors (Lipinski definition) is 3. The Balaban J connectivity index is 1.71. The molecule has 1 saturated heterocycles. The molecule has 0 atom stereocenters. The zero-order chi connectivity index (χ0) is 15.3. The normalized spacial score (nSPS) is 16.6. The van der Waals surface area contributed by atoms with E-state index in [2.05, 4.69) is 34.5 Å². The van der Waals surface area contributed by atoms with Crippen LogP contribution in [0.1, 0.15) is 33.6 Å². The average molecular weight is 290 g/mol. The number of piperidine rings is 1. The number of carbonyl (C=O) groups is 1. The highest BCUT2D eigenvalue weighted by Crippen LogP contribution is 2.22. The fourth-order valence-corrected chi connectivity index (χ4v) is 2.58. The van der Waals surface area contributed by atoms with Gasteiger partial charge in [0.25, 0.3) is 0 Å². The molecule has 1 heterocycles. The summed E-state index contributed by atoms with van der Waals surface area (Å²) in [5.41, 5.74) is 0.858. The van der Waals surface area contributed by atoms with Gasteiger partial charge in [-0.25, -0.2) is 4.79 Å². The number of alkyl carbamates (subject to hydrolysis) is 1. The van der Waals surface area contributed by atoms with Crippen molar-refractivity contribution in [2.75, 3.05) is 24.5 Å². The second-order valence-electron chi connectivity index (χ2n) is 6.65. The summed E-state index contributed by atoms with van der Waals surface area (Å²) in [6, 6.07) is 10.5. The Morgan fingerprint density at radius 3 is 2.43 bits per heavy atom. The molecule has 1 N–H and O–H groups in total. The second kappa shape index (κ2) is 6.83. The summed E-state index contributed by atoms with van der Waals surface area (Å²) >= 11 is 0. The highest BCUT2D eigenvalue weighted by Gasteiger charge is 2.21. The lowest BCUT2D eigenvalue weighted by Gasteiger charge is -2.33. The Labute approximate surface area is 127 Å². The van der Waals surface area contributed by atoms with E-state index in [0.717, 1.165) is 25.9 Å². The van der Waals surface area contributed by atoms with Crippen molar-refractivity contribution in [2.24, 2.45) is 5.92 Å². The maximum absolute atomic E-state index is 11.6. The van der Waals surface area contributed by atoms with Crippen molar-refractivity contribution in [1.82, 2.24) is 5.32 Å². The van der Waals surface area contributed by atoms with Crippen LogP contribution >= 0.6 is 0 Å². The molecule has 21 heavy (non-hydrogen) atoms. The zero-order valence-electron chi connectivity index (χ0n) is 13.3. The maximum Gasteiger partial charge on any atom is 0.407 e. The predicted molar refractivity (Wildman–Crippen MR) is 85.6 cm³/mol. The Morgan fingerprint density at radius 1 is 1.24 bits per heavy atom. The van der Waals surface area contributed by atoms with Crippen molar-refractivity contribution in [2.45, 2.75) is 39.2 Å². The van der Waals surface area contributed by atoms with E-state index in [-0.39, 0.29) is 6.09 Å². The molecule has 0 radical (unpaired) electrons. The van der Waals surface area contributed by atoms with E-state index in [9.17, 15) is 4.79 Å². The van der Waals surface area contributed by atoms with Crippen molar-refractivity contribution in [3.8, 4) is 0 Å². The Bertz CT molecular complexity index is 446. The van der Waals surface area contributed by atoms with E-state index in [4.69, 9.17) is 4.74 Å². The van der Waals surface area contributed by atoms with E-state index in [1.165, 1.54) is 5.69 Å². The van der Waals surface area contributed by atoms with Gasteiger partial charge < -0.3 is 15.0 Å². The molecule has 116 valence electrons. The molecule has 0 unspecified atom stereocenters. The van der Waals surface area contributed by atoms with Crippen LogP contribution in [0.3, 0.4) is 0 Å². The third-order valence-corrected chi connectivity index (χ3v) is 3.67. The van der Waals surface area contributed by atoms with Crippen molar-refractivity contribution in [3.63, 3.8) is 0 Å². The molecule has 0 bridgehead atoms. The number of rotatable bonds is 3. The van der Waals surface area contributed by atoms with Gasteiger partial charge in [-0.3, -0.25) is 0 Å². The minimum Gasteiger partial charge on any atom is -0.444 e. The van der Waals surface area contributed by atoms with Crippen LogP contribution in [0.15, 0.2) is 30.3 Å². The molecule has 0 saturated carbocycles. The van der Waals surface area contributed by atoms with Crippen molar-refractivity contribution < 1.29 is 9.53 Å². The van der Waals surface area contributed by atoms with Crippen molar-refractivity contribution in [3.05, 3.63) is 30.3 Å². The monoisotopic (exact) mass is 290 g/mol. The molecule has 0 aliphatic carbocycles. The molecule has 1 aliphatic heterocycles. The van der Waals surface area contributed by atoms with Gasteiger partial charge in [0.2, 0.25) is 0 Å². The molecule has 4 heteroatoms. The summed E-state index contributed by atoms with van der Waals surface area (Å²) in [5, 5.41) is 2.88. The number of carbonyl (C=O) groups excluding carboxylic acids is 1. The minimum atomic E-state index is -0.430. The van der Waals surface area contributed by atoms with Gasteiger partial charge >= 0.3 is 6.09 Å². The van der Waals surface area contributed by atoms with Gasteiger partial charge in [0, 0.05) is 25.3 Å². The molecule has 0 aromatic heterocycles. The van der Waals surface area contributed by atoms with Gasteiger partial charge in [-0.2, -0.15) is 0 Å². The quantitative estimate of drug-likeness (QED) is 0.927. The Hall–Kier alpha value is -1.71. The summed E-state index contributed by atoms with van der Waals surface area (Å²) in [6.07, 6.45) is 1.89. The van der Waals surface area contributed by atoms with Crippen LogP contribution in [0.2, 0.25) is 0 Å². The standard InChI is InChI=1S/C17H26N2O2/c1-17(2,3)21-16(20)18-13-14-9-11-19(12-10-14)15-7-5-4-6-8-15/h4-8,14H,9-13H2,1-3H3,(H,18,20). The molecular weight excluding hydrogens is 264 g/mol. The first-order valence-corrected chi connectivity index (χ1v) is 7.71. The molecule has 1 aromatic carbocycles. The number of hydrogen-bond donors (Lipinski definition) is 1. The Kier molecular flexibility index (Phi) is 5.10. The first-order valence-electron chi connectivity index (χ1n) is 7.71. The lowest BCUT2D eigenvalue weighted by molar-refractivity contribution is 0.0517. The molecule has 2 rings (SSSR count). The van der Waals surface area contributed by atoms with Crippen molar-refractivity contribution in [1.29, 1.82) is 0 Å². The fraction of sp³-hybridized carbons (Fsp3) is 0.588. The summed E-state index contributed by atoms with van der Waals surface area (Å²) in [7, 11) is 0. The van der Waals surface area contributed by atoms with Gasteiger partial charge in [0.15, 0.2) is 0 Å². The van der Waals surface area contributed by atoms with Gasteiger partial charge in [-0.1, -0.05) is 18.2 Å². The number of benzene rings is 1. The molecule has 4 nitrogen and oxygen atoms in total. The second-order valence-corrected chi connectivity index (χ2v) is 6.65. The first-order chi connectivity index (χ1) is 9.94. The van der Waals surface area contributed by atoms with Gasteiger partial charge in [0.05, 0.1) is 0 Å². The smallest absolute Gasteiger partial charge is 0.407 e. The minimum absolute atomic E-state index is 0.312. The molecular formula is C17H26N2O2. The van der Waals surface area contributed by atoms with Crippen LogP contribution in [-0.4, -0.2) is 31.3 Å². The van der Waals surface area contributed by atoms with E-state index < -0.39 is 5.60 Å². The van der Waals surface area contributed by atoms with E-state index in [1.54, 1.807) is 0 Å². The van der Waals surface area contributed by atoms with E-state index >= 15 is 0 Å². The zero-order valence-corrected chi connectivity index (χ0v) is 13.3. The lowest BCUT2D eigenvalue weighted by atomic mass is 9.96. The lowest BCUT2D eigenvalue weighted by Crippen LogP contribution is -2.40. The SMILES string of the molecule is CC(C)(C)OC(=O)NCC1CCN(c2ccccc2)CC1. The van der Waals surface area contributed by atoms with Crippen LogP contribution in [0.4, 0.5) is 10.5 Å². The van der Waals surface area contributed by atoms with E-state index in [1.807, 2.05) is 26.8 Å². The van der Waals surface area contributed by atoms with Gasteiger partial charge in [-0.15, -0.1) is 0 Å². The number of anilines is 1. The molecule has 1 aliphatic rings. The number of ether oxygens (including phenoxy) is 1. The number of nitrogens with zero attached hydrogens (tertiary/aromatic N) is 1. The summed E-state index contributed by atoms with van der Waals surface area (Å²) in [4.78, 5) is 14.1. The Morgan fingerprint density at radius 2 is 1.86 bits per heavy atom. The molecule has 1 amide bonds. The third-order valence-electron chi connectivity index (χ3n) is 3.67. The fourth-order valence-electron chi connectivity index (χ4n) is 2.58. The maximum atomic E-state index is 11.6. The largest absolute Gasteiger partial charge is 0.444 e. The van der Waals surface area contributed by atoms with Crippen LogP contribution < -0.4 is 10.2 Å². The predicted octanol–water partition coefficient (Wildman–Crippen LogP) is 3.43. The number of amides is 1. The summed E-state index contributed by atoms with van der Waals surface area (Å²) in [6.45, 7) is 8.44. The highest BCUT2D eigenvalue weighted by atomic mass is 16.6. The molecule has 1 fully saturated rings. The average Bonchev–Trinajstić information content (AvgIpc) is 2.45. The van der Waals surface area contributed by atoms with E-state index in [0.29, 0.717) is 12.5 Å².